The quantitative estimate of drug-likeness (QED) is 0.780. The molecule has 0 amide bonds. The fourth-order valence-electron chi connectivity index (χ4n) is 4.60. The maximum Gasteiger partial charge on any atom is 0.0721 e. The lowest BCUT2D eigenvalue weighted by Crippen LogP contribution is -2.42. The van der Waals surface area contributed by atoms with Crippen molar-refractivity contribution in [3.8, 4) is 0 Å². The fraction of sp³-hybridized carbons (Fsp3) is 1.00. The molecule has 0 bridgehead atoms. The van der Waals surface area contributed by atoms with E-state index in [1.54, 1.807) is 0 Å². The predicted molar refractivity (Wildman–Crippen MR) is 107 cm³/mol. The molecule has 0 aromatic carbocycles. The Kier molecular flexibility index (Phi) is 7.37. The molecule has 26 heavy (non-hydrogen) atoms. The Morgan fingerprint density at radius 2 is 1.69 bits per heavy atom. The van der Waals surface area contributed by atoms with Crippen LogP contribution in [-0.2, 0) is 9.47 Å². The van der Waals surface area contributed by atoms with Crippen molar-refractivity contribution in [1.82, 2.24) is 15.1 Å². The van der Waals surface area contributed by atoms with Crippen LogP contribution in [0.5, 0.6) is 0 Å². The molecule has 0 radical (unpaired) electrons. The van der Waals surface area contributed by atoms with Gasteiger partial charge in [-0.2, -0.15) is 0 Å². The van der Waals surface area contributed by atoms with E-state index in [4.69, 9.17) is 9.47 Å². The molecule has 5 heteroatoms. The van der Waals surface area contributed by atoms with Gasteiger partial charge >= 0.3 is 0 Å². The van der Waals surface area contributed by atoms with Crippen LogP contribution in [0.25, 0.3) is 0 Å². The minimum absolute atomic E-state index is 0.0546. The number of nitrogens with one attached hydrogen (secondary N) is 1. The van der Waals surface area contributed by atoms with Gasteiger partial charge in [0.1, 0.15) is 0 Å². The van der Waals surface area contributed by atoms with Crippen molar-refractivity contribution in [2.24, 2.45) is 5.92 Å². The highest BCUT2D eigenvalue weighted by Gasteiger charge is 2.33. The normalized spacial score (nSPS) is 30.9. The smallest absolute Gasteiger partial charge is 0.0721 e. The van der Waals surface area contributed by atoms with Gasteiger partial charge < -0.3 is 19.7 Å². The van der Waals surface area contributed by atoms with Gasteiger partial charge in [0.15, 0.2) is 0 Å². The summed E-state index contributed by atoms with van der Waals surface area (Å²) in [5.74, 6) is 0.903. The molecular formula is C21H41N3O2. The Morgan fingerprint density at radius 3 is 2.35 bits per heavy atom. The first kappa shape index (κ1) is 20.5. The highest BCUT2D eigenvalue weighted by Crippen LogP contribution is 2.25. The van der Waals surface area contributed by atoms with Crippen molar-refractivity contribution in [3.63, 3.8) is 0 Å². The molecule has 3 fully saturated rings. The molecule has 3 saturated heterocycles. The summed E-state index contributed by atoms with van der Waals surface area (Å²) in [6, 6.07) is 0.499. The van der Waals surface area contributed by atoms with E-state index in [9.17, 15) is 0 Å². The summed E-state index contributed by atoms with van der Waals surface area (Å²) in [4.78, 5) is 5.10. The summed E-state index contributed by atoms with van der Waals surface area (Å²) >= 11 is 0. The number of nitrogens with zero attached hydrogens (tertiary/aromatic N) is 2. The highest BCUT2D eigenvalue weighted by molar-refractivity contribution is 4.86. The third-order valence-corrected chi connectivity index (χ3v) is 6.25. The Bertz CT molecular complexity index is 412. The van der Waals surface area contributed by atoms with Crippen LogP contribution in [-0.4, -0.2) is 86.6 Å². The van der Waals surface area contributed by atoms with Crippen molar-refractivity contribution in [1.29, 1.82) is 0 Å². The predicted octanol–water partition coefficient (Wildman–Crippen LogP) is 2.35. The Morgan fingerprint density at radius 1 is 1.00 bits per heavy atom. The van der Waals surface area contributed by atoms with Gasteiger partial charge in [-0.25, -0.2) is 0 Å². The summed E-state index contributed by atoms with van der Waals surface area (Å²) in [7, 11) is 2.21. The van der Waals surface area contributed by atoms with E-state index in [0.29, 0.717) is 18.2 Å². The van der Waals surface area contributed by atoms with Crippen LogP contribution in [0.4, 0.5) is 0 Å². The molecule has 1 N–H and O–H groups in total. The number of ether oxygens (including phenoxy) is 2. The van der Waals surface area contributed by atoms with Crippen LogP contribution in [0.3, 0.4) is 0 Å². The lowest BCUT2D eigenvalue weighted by atomic mass is 9.96. The molecule has 152 valence electrons. The largest absolute Gasteiger partial charge is 0.374 e. The minimum atomic E-state index is -0.0546. The number of piperidine rings is 2. The number of likely N-dealkylation sites (N-methyl/N-ethyl adjacent to an activating group) is 1. The number of hydrogen-bond donors (Lipinski definition) is 1. The van der Waals surface area contributed by atoms with E-state index < -0.39 is 0 Å². The van der Waals surface area contributed by atoms with Crippen molar-refractivity contribution >= 4 is 0 Å². The second-order valence-electron chi connectivity index (χ2n) is 9.70. The average molecular weight is 368 g/mol. The van der Waals surface area contributed by atoms with E-state index in [-0.39, 0.29) is 5.60 Å². The van der Waals surface area contributed by atoms with Crippen LogP contribution in [0.2, 0.25) is 0 Å². The lowest BCUT2D eigenvalue weighted by molar-refractivity contribution is -0.0415. The van der Waals surface area contributed by atoms with Gasteiger partial charge in [0, 0.05) is 32.2 Å². The molecule has 3 aliphatic heterocycles. The average Bonchev–Trinajstić information content (AvgIpc) is 2.95. The number of hydrogen-bond acceptors (Lipinski definition) is 5. The highest BCUT2D eigenvalue weighted by atomic mass is 16.5. The maximum absolute atomic E-state index is 6.49. The van der Waals surface area contributed by atoms with Crippen LogP contribution >= 0.6 is 0 Å². The molecule has 0 aliphatic carbocycles. The summed E-state index contributed by atoms with van der Waals surface area (Å²) in [6.07, 6.45) is 7.06. The standard InChI is InChI=1S/C21H41N3O2/c1-21(2,3)25-16-18-13-20(15-23(18)4)26-19-7-11-24(12-8-19)14-17-5-9-22-10-6-17/h17-20,22H,5-16H2,1-4H3. The summed E-state index contributed by atoms with van der Waals surface area (Å²) in [5.41, 5.74) is -0.0546. The van der Waals surface area contributed by atoms with Crippen LogP contribution in [0.15, 0.2) is 0 Å². The molecule has 0 saturated carbocycles. The molecular weight excluding hydrogens is 326 g/mol. The molecule has 0 aromatic heterocycles. The van der Waals surface area contributed by atoms with Gasteiger partial charge in [0.25, 0.3) is 0 Å². The first-order valence-corrected chi connectivity index (χ1v) is 10.8. The summed E-state index contributed by atoms with van der Waals surface area (Å²) in [6.45, 7) is 14.4. The first-order valence-electron chi connectivity index (χ1n) is 10.8. The van der Waals surface area contributed by atoms with Gasteiger partial charge in [-0.05, 0) is 78.9 Å². The van der Waals surface area contributed by atoms with Gasteiger partial charge in [-0.3, -0.25) is 4.90 Å². The van der Waals surface area contributed by atoms with E-state index in [1.165, 1.54) is 58.4 Å². The summed E-state index contributed by atoms with van der Waals surface area (Å²) < 4.78 is 12.5. The fourth-order valence-corrected chi connectivity index (χ4v) is 4.60. The third-order valence-electron chi connectivity index (χ3n) is 6.25. The molecule has 3 rings (SSSR count). The molecule has 5 nitrogen and oxygen atoms in total. The van der Waals surface area contributed by atoms with Gasteiger partial charge in [0.05, 0.1) is 24.4 Å². The monoisotopic (exact) mass is 367 g/mol. The van der Waals surface area contributed by atoms with E-state index in [0.717, 1.165) is 25.5 Å². The second kappa shape index (κ2) is 9.33. The van der Waals surface area contributed by atoms with Crippen molar-refractivity contribution in [2.45, 2.75) is 76.7 Å². The van der Waals surface area contributed by atoms with Crippen LogP contribution in [0, 0.1) is 5.92 Å². The number of rotatable bonds is 6. The molecule has 0 spiro atoms. The maximum atomic E-state index is 6.49. The Labute approximate surface area is 160 Å². The zero-order chi connectivity index (χ0) is 18.6. The van der Waals surface area contributed by atoms with Gasteiger partial charge in [0.2, 0.25) is 0 Å². The van der Waals surface area contributed by atoms with E-state index in [2.05, 4.69) is 42.9 Å². The van der Waals surface area contributed by atoms with E-state index in [1.807, 2.05) is 0 Å². The van der Waals surface area contributed by atoms with Gasteiger partial charge in [-0.1, -0.05) is 0 Å². The van der Waals surface area contributed by atoms with Crippen LogP contribution < -0.4 is 5.32 Å². The SMILES string of the molecule is CN1CC(OC2CCN(CC3CCNCC3)CC2)CC1COC(C)(C)C. The molecule has 3 aliphatic rings. The van der Waals surface area contributed by atoms with Crippen molar-refractivity contribution in [3.05, 3.63) is 0 Å². The Balaban J connectivity index is 1.34. The van der Waals surface area contributed by atoms with Crippen molar-refractivity contribution < 1.29 is 9.47 Å². The third kappa shape index (κ3) is 6.45. The minimum Gasteiger partial charge on any atom is -0.374 e. The molecule has 0 aromatic rings. The summed E-state index contributed by atoms with van der Waals surface area (Å²) in [5, 5.41) is 3.47. The lowest BCUT2D eigenvalue weighted by Gasteiger charge is -2.36. The zero-order valence-electron chi connectivity index (χ0n) is 17.5. The van der Waals surface area contributed by atoms with Crippen LogP contribution in [0.1, 0.15) is 52.9 Å². The van der Waals surface area contributed by atoms with E-state index >= 15 is 0 Å². The Hall–Kier alpha value is -0.200. The molecule has 2 unspecified atom stereocenters. The number of likely N-dealkylation sites (tertiary alicyclic amines) is 2. The zero-order valence-corrected chi connectivity index (χ0v) is 17.5. The van der Waals surface area contributed by atoms with Gasteiger partial charge in [-0.15, -0.1) is 0 Å². The second-order valence-corrected chi connectivity index (χ2v) is 9.70. The topological polar surface area (TPSA) is 37.0 Å². The molecule has 3 heterocycles. The molecule has 2 atom stereocenters. The van der Waals surface area contributed by atoms with Crippen molar-refractivity contribution in [2.75, 3.05) is 52.9 Å². The first-order chi connectivity index (χ1) is 12.4.